The molecule has 1 fully saturated rings. The van der Waals surface area contributed by atoms with E-state index in [1.54, 1.807) is 23.2 Å². The number of carbonyl (C=O) groups excluding carboxylic acids is 1. The van der Waals surface area contributed by atoms with Gasteiger partial charge in [0.15, 0.2) is 10.8 Å². The number of carboxylic acid groups (broad SMARTS) is 1. The van der Waals surface area contributed by atoms with E-state index in [-0.39, 0.29) is 38.4 Å². The summed E-state index contributed by atoms with van der Waals surface area (Å²) in [6, 6.07) is 5.82. The van der Waals surface area contributed by atoms with Crippen molar-refractivity contribution in [2.24, 2.45) is 4.99 Å². The van der Waals surface area contributed by atoms with Gasteiger partial charge in [0.1, 0.15) is 5.82 Å². The highest BCUT2D eigenvalue weighted by Gasteiger charge is 2.39. The highest BCUT2D eigenvalue weighted by molar-refractivity contribution is 7.11. The van der Waals surface area contributed by atoms with Crippen LogP contribution in [0.3, 0.4) is 0 Å². The zero-order chi connectivity index (χ0) is 30.1. The first-order valence-corrected chi connectivity index (χ1v) is 14.0. The molecule has 0 atom stereocenters. The van der Waals surface area contributed by atoms with E-state index >= 15 is 0 Å². The van der Waals surface area contributed by atoms with Gasteiger partial charge in [0.25, 0.3) is 5.92 Å². The number of aliphatic imine (C=N–C) groups is 1. The van der Waals surface area contributed by atoms with Gasteiger partial charge >= 0.3 is 11.9 Å². The molecule has 1 saturated heterocycles. The highest BCUT2D eigenvalue weighted by Crippen LogP contribution is 2.28. The molecule has 0 saturated carbocycles. The number of halogens is 4. The van der Waals surface area contributed by atoms with Gasteiger partial charge in [-0.3, -0.25) is 14.7 Å². The lowest BCUT2D eigenvalue weighted by molar-refractivity contribution is -0.137. The maximum atomic E-state index is 13.4. The minimum Gasteiger partial charge on any atom is -0.481 e. The number of methoxy groups -OCH3 is 1. The first-order chi connectivity index (χ1) is 19.0. The molecule has 222 valence electrons. The average molecular weight is 605 g/mol. The molecule has 1 aromatic carbocycles. The first kappa shape index (κ1) is 35.1. The van der Waals surface area contributed by atoms with Crippen molar-refractivity contribution < 1.29 is 32.6 Å². The number of ether oxygens (including phenoxy) is 1. The van der Waals surface area contributed by atoms with Crippen LogP contribution < -0.4 is 5.32 Å². The molecular weight excluding hydrogens is 569 g/mol. The van der Waals surface area contributed by atoms with Crippen molar-refractivity contribution in [3.8, 4) is 0 Å². The van der Waals surface area contributed by atoms with Crippen LogP contribution in [0.1, 0.15) is 51.5 Å². The number of rotatable bonds is 7. The first-order valence-electron chi connectivity index (χ1n) is 12.8. The van der Waals surface area contributed by atoms with Gasteiger partial charge in [0.05, 0.1) is 25.8 Å². The van der Waals surface area contributed by atoms with E-state index in [1.165, 1.54) is 30.6 Å². The Morgan fingerprint density at radius 3 is 2.48 bits per heavy atom. The molecule has 0 radical (unpaired) electrons. The fourth-order valence-electron chi connectivity index (χ4n) is 3.37. The lowest BCUT2D eigenvalue weighted by atomic mass is 10.1. The van der Waals surface area contributed by atoms with E-state index < -0.39 is 17.9 Å². The van der Waals surface area contributed by atoms with Gasteiger partial charge in [-0.1, -0.05) is 44.9 Å². The fraction of sp³-hybridized carbons (Fsp3) is 0.481. The van der Waals surface area contributed by atoms with Crippen LogP contribution >= 0.6 is 22.9 Å². The average Bonchev–Trinajstić information content (AvgIpc) is 3.58. The van der Waals surface area contributed by atoms with Crippen molar-refractivity contribution in [3.05, 3.63) is 63.0 Å². The number of nitrogens with one attached hydrogen (secondary N) is 1. The molecular formula is C27H36ClF3N4O4S. The Hall–Kier alpha value is -2.96. The topological polar surface area (TPSA) is 104 Å². The third kappa shape index (κ3) is 12.9. The van der Waals surface area contributed by atoms with Gasteiger partial charge in [-0.25, -0.2) is 22.9 Å². The largest absolute Gasteiger partial charge is 0.481 e. The summed E-state index contributed by atoms with van der Waals surface area (Å²) in [6.07, 6.45) is 3.57. The molecule has 13 heteroatoms. The molecule has 2 N–H and O–H groups in total. The Morgan fingerprint density at radius 1 is 1.30 bits per heavy atom. The van der Waals surface area contributed by atoms with Gasteiger partial charge in [-0.2, -0.15) is 0 Å². The van der Waals surface area contributed by atoms with Crippen LogP contribution in [0.4, 0.5) is 13.2 Å². The summed E-state index contributed by atoms with van der Waals surface area (Å²) in [4.78, 5) is 31.8. The van der Waals surface area contributed by atoms with Crippen LogP contribution in [0.15, 0.2) is 52.1 Å². The smallest absolute Gasteiger partial charge is 0.337 e. The summed E-state index contributed by atoms with van der Waals surface area (Å²) < 4.78 is 43.6. The second kappa shape index (κ2) is 18.4. The summed E-state index contributed by atoms with van der Waals surface area (Å²) >= 11 is 6.82. The lowest BCUT2D eigenvalue weighted by Crippen LogP contribution is -2.38. The molecule has 0 bridgehead atoms. The Labute approximate surface area is 241 Å². The third-order valence-corrected chi connectivity index (χ3v) is 6.27. The summed E-state index contributed by atoms with van der Waals surface area (Å²) in [6.45, 7) is 6.33. The number of likely N-dealkylation sites (tertiary alicyclic amines) is 1. The minimum absolute atomic E-state index is 0.147. The van der Waals surface area contributed by atoms with E-state index in [2.05, 4.69) is 15.3 Å². The monoisotopic (exact) mass is 604 g/mol. The van der Waals surface area contributed by atoms with Gasteiger partial charge in [0.2, 0.25) is 0 Å². The molecule has 0 aliphatic carbocycles. The number of alkyl halides is 2. The van der Waals surface area contributed by atoms with Gasteiger partial charge in [0, 0.05) is 48.2 Å². The SMILES string of the molecule is CC.CCCCC(=O)O.COC(=O)C1=C(CN2CCC(F)(F)C2)NC(c2nccs2)=NC1.Fc1cccc(Cl)c1. The van der Waals surface area contributed by atoms with E-state index in [0.717, 1.165) is 12.8 Å². The van der Waals surface area contributed by atoms with E-state index in [9.17, 15) is 22.8 Å². The molecule has 2 aliphatic rings. The van der Waals surface area contributed by atoms with Crippen molar-refractivity contribution in [1.29, 1.82) is 0 Å². The number of unbranched alkanes of at least 4 members (excludes halogenated alkanes) is 1. The number of carbonyl (C=O) groups is 2. The summed E-state index contributed by atoms with van der Waals surface area (Å²) in [5.41, 5.74) is 0.915. The van der Waals surface area contributed by atoms with Crippen molar-refractivity contribution in [2.75, 3.05) is 33.3 Å². The minimum atomic E-state index is -2.67. The Kier molecular flexibility index (Phi) is 16.1. The predicted molar refractivity (Wildman–Crippen MR) is 152 cm³/mol. The van der Waals surface area contributed by atoms with Crippen molar-refractivity contribution in [1.82, 2.24) is 15.2 Å². The van der Waals surface area contributed by atoms with Crippen LogP contribution in [0, 0.1) is 5.82 Å². The summed E-state index contributed by atoms with van der Waals surface area (Å²) in [7, 11) is 1.29. The highest BCUT2D eigenvalue weighted by atomic mass is 35.5. The molecule has 0 spiro atoms. The zero-order valence-electron chi connectivity index (χ0n) is 23.1. The Morgan fingerprint density at radius 2 is 2.02 bits per heavy atom. The number of amidine groups is 1. The zero-order valence-corrected chi connectivity index (χ0v) is 24.6. The predicted octanol–water partition coefficient (Wildman–Crippen LogP) is 6.03. The van der Waals surface area contributed by atoms with Gasteiger partial charge in [-0.05, 0) is 24.6 Å². The Bertz CT molecular complexity index is 1110. The van der Waals surface area contributed by atoms with E-state index in [0.29, 0.717) is 33.6 Å². The van der Waals surface area contributed by atoms with Gasteiger partial charge in [-0.15, -0.1) is 11.3 Å². The molecule has 3 heterocycles. The number of aromatic nitrogens is 1. The van der Waals surface area contributed by atoms with Crippen LogP contribution in [0.5, 0.6) is 0 Å². The Balaban J connectivity index is 0.000000386. The van der Waals surface area contributed by atoms with Crippen LogP contribution in [0.25, 0.3) is 0 Å². The van der Waals surface area contributed by atoms with E-state index in [4.69, 9.17) is 21.4 Å². The summed E-state index contributed by atoms with van der Waals surface area (Å²) in [5.74, 6) is -3.61. The van der Waals surface area contributed by atoms with Crippen LogP contribution in [0.2, 0.25) is 5.02 Å². The van der Waals surface area contributed by atoms with Crippen molar-refractivity contribution in [3.63, 3.8) is 0 Å². The third-order valence-electron chi connectivity index (χ3n) is 5.26. The van der Waals surface area contributed by atoms with Crippen LogP contribution in [-0.2, 0) is 14.3 Å². The number of carboxylic acids is 1. The van der Waals surface area contributed by atoms with Gasteiger partial charge < -0.3 is 15.2 Å². The molecule has 4 rings (SSSR count). The molecule has 8 nitrogen and oxygen atoms in total. The molecule has 2 aliphatic heterocycles. The van der Waals surface area contributed by atoms with Crippen molar-refractivity contribution >= 4 is 40.7 Å². The van der Waals surface area contributed by atoms with Crippen LogP contribution in [-0.4, -0.2) is 72.0 Å². The summed E-state index contributed by atoms with van der Waals surface area (Å²) in [5, 5.41) is 14.1. The maximum Gasteiger partial charge on any atom is 0.337 e. The second-order valence-electron chi connectivity index (χ2n) is 8.33. The number of nitrogens with zero attached hydrogens (tertiary/aromatic N) is 3. The maximum absolute atomic E-state index is 13.4. The lowest BCUT2D eigenvalue weighted by Gasteiger charge is -2.24. The quantitative estimate of drug-likeness (QED) is 0.372. The molecule has 1 aromatic heterocycles. The fourth-order valence-corrected chi connectivity index (χ4v) is 4.15. The number of thiazole rings is 1. The molecule has 0 amide bonds. The number of aliphatic carboxylic acids is 1. The standard InChI is InChI=1S/C14H16F2N4O2S.C6H4ClF.C5H10O2.C2H6/c1-22-13(21)9-6-18-11(12-17-3-5-23-12)19-10(9)7-20-4-2-14(15,16)8-20;7-5-2-1-3-6(8)4-5;1-2-3-4-5(6)7;1-2/h3,5H,2,4,6-8H2,1H3,(H,18,19);1-4H;2-4H2,1H3,(H,6,7);1-2H3. The van der Waals surface area contributed by atoms with Crippen molar-refractivity contribution in [2.45, 2.75) is 52.4 Å². The number of hydrogen-bond acceptors (Lipinski definition) is 8. The normalized spacial score (nSPS) is 15.7. The molecule has 2 aromatic rings. The molecule has 40 heavy (non-hydrogen) atoms. The number of hydrogen-bond donors (Lipinski definition) is 2. The molecule has 0 unspecified atom stereocenters. The second-order valence-corrected chi connectivity index (χ2v) is 9.66. The van der Waals surface area contributed by atoms with E-state index in [1.807, 2.05) is 26.2 Å². The number of esters is 1. The number of benzene rings is 1.